The molecule has 0 fully saturated rings. The van der Waals surface area contributed by atoms with Crippen LogP contribution in [0.4, 0.5) is 13.2 Å². The van der Waals surface area contributed by atoms with Crippen LogP contribution < -0.4 is 9.47 Å². The summed E-state index contributed by atoms with van der Waals surface area (Å²) < 4.78 is 46.0. The van der Waals surface area contributed by atoms with E-state index in [2.05, 4.69) is 25.7 Å². The minimum Gasteiger partial charge on any atom is -0.489 e. The predicted octanol–water partition coefficient (Wildman–Crippen LogP) is 4.63. The van der Waals surface area contributed by atoms with Gasteiger partial charge in [0, 0.05) is 18.0 Å². The summed E-state index contributed by atoms with van der Waals surface area (Å²) in [4.78, 5) is 4.03. The zero-order valence-corrected chi connectivity index (χ0v) is 12.5. The van der Waals surface area contributed by atoms with E-state index in [1.54, 1.807) is 12.4 Å². The van der Waals surface area contributed by atoms with Gasteiger partial charge in [-0.15, -0.1) is 13.2 Å². The Morgan fingerprint density at radius 2 is 1.95 bits per heavy atom. The number of nitrogens with zero attached hydrogens (tertiary/aromatic N) is 1. The van der Waals surface area contributed by atoms with Crippen LogP contribution in [0.1, 0.15) is 11.1 Å². The molecule has 7 heteroatoms. The quantitative estimate of drug-likeness (QED) is 0.795. The highest BCUT2D eigenvalue weighted by Gasteiger charge is 2.31. The lowest BCUT2D eigenvalue weighted by Crippen LogP contribution is -2.17. The average Bonchev–Trinajstić information content (AvgIpc) is 2.38. The lowest BCUT2D eigenvalue weighted by atomic mass is 10.2. The molecule has 112 valence electrons. The Morgan fingerprint density at radius 3 is 2.57 bits per heavy atom. The van der Waals surface area contributed by atoms with Gasteiger partial charge < -0.3 is 9.47 Å². The van der Waals surface area contributed by atoms with E-state index >= 15 is 0 Å². The Hall–Kier alpha value is -1.76. The zero-order chi connectivity index (χ0) is 15.5. The van der Waals surface area contributed by atoms with Crippen LogP contribution in [-0.4, -0.2) is 11.3 Å². The largest absolute Gasteiger partial charge is 0.573 e. The van der Waals surface area contributed by atoms with Crippen LogP contribution in [0.25, 0.3) is 0 Å². The minimum atomic E-state index is -4.72. The summed E-state index contributed by atoms with van der Waals surface area (Å²) in [6, 6.07) is 5.95. The number of aryl methyl sites for hydroxylation is 1. The summed E-state index contributed by atoms with van der Waals surface area (Å²) >= 11 is 3.02. The van der Waals surface area contributed by atoms with E-state index in [1.807, 2.05) is 13.0 Å². The van der Waals surface area contributed by atoms with Crippen molar-refractivity contribution in [2.45, 2.75) is 19.9 Å². The molecule has 1 aromatic carbocycles. The summed E-state index contributed by atoms with van der Waals surface area (Å²) in [6.45, 7) is 2.19. The molecule has 0 saturated carbocycles. The molecule has 1 heterocycles. The second-order valence-electron chi connectivity index (χ2n) is 4.30. The van der Waals surface area contributed by atoms with Crippen molar-refractivity contribution in [3.63, 3.8) is 0 Å². The molecule has 0 aliphatic rings. The molecule has 0 radical (unpaired) electrons. The van der Waals surface area contributed by atoms with E-state index in [1.165, 1.54) is 18.2 Å². The van der Waals surface area contributed by atoms with Gasteiger partial charge in [0.1, 0.15) is 18.1 Å². The van der Waals surface area contributed by atoms with Gasteiger partial charge in [0.05, 0.1) is 4.47 Å². The van der Waals surface area contributed by atoms with Gasteiger partial charge in [-0.25, -0.2) is 0 Å². The highest BCUT2D eigenvalue weighted by molar-refractivity contribution is 9.10. The minimum absolute atomic E-state index is 0.166. The number of hydrogen-bond acceptors (Lipinski definition) is 3. The van der Waals surface area contributed by atoms with Crippen LogP contribution in [0.3, 0.4) is 0 Å². The number of ether oxygens (including phenoxy) is 2. The summed E-state index contributed by atoms with van der Waals surface area (Å²) in [5.74, 6) is 0.116. The van der Waals surface area contributed by atoms with Gasteiger partial charge in [0.15, 0.2) is 0 Å². The standard InChI is InChI=1S/C14H11BrF3NO2/c1-9-4-10(7-19-6-9)8-20-11-2-3-13(12(15)5-11)21-14(16,17)18/h2-7H,8H2,1H3. The Morgan fingerprint density at radius 1 is 1.19 bits per heavy atom. The smallest absolute Gasteiger partial charge is 0.489 e. The Bertz CT molecular complexity index is 632. The third-order valence-electron chi connectivity index (χ3n) is 2.47. The SMILES string of the molecule is Cc1cncc(COc2ccc(OC(F)(F)F)c(Br)c2)c1. The van der Waals surface area contributed by atoms with Gasteiger partial charge in [-0.1, -0.05) is 0 Å². The first kappa shape index (κ1) is 15.6. The van der Waals surface area contributed by atoms with E-state index in [-0.39, 0.29) is 16.8 Å². The van der Waals surface area contributed by atoms with Gasteiger partial charge >= 0.3 is 6.36 Å². The molecular weight excluding hydrogens is 351 g/mol. The Balaban J connectivity index is 2.03. The number of alkyl halides is 3. The monoisotopic (exact) mass is 361 g/mol. The van der Waals surface area contributed by atoms with Crippen molar-refractivity contribution in [2.75, 3.05) is 0 Å². The lowest BCUT2D eigenvalue weighted by Gasteiger charge is -2.12. The molecule has 3 nitrogen and oxygen atoms in total. The van der Waals surface area contributed by atoms with Crippen molar-refractivity contribution in [3.8, 4) is 11.5 Å². The fourth-order valence-corrected chi connectivity index (χ4v) is 2.08. The predicted molar refractivity (Wildman–Crippen MR) is 74.1 cm³/mol. The molecule has 0 unspecified atom stereocenters. The summed E-state index contributed by atoms with van der Waals surface area (Å²) in [5, 5.41) is 0. The number of benzene rings is 1. The van der Waals surface area contributed by atoms with Crippen molar-refractivity contribution >= 4 is 15.9 Å². The maximum atomic E-state index is 12.1. The van der Waals surface area contributed by atoms with E-state index in [0.29, 0.717) is 5.75 Å². The van der Waals surface area contributed by atoms with Gasteiger partial charge in [-0.05, 0) is 52.7 Å². The lowest BCUT2D eigenvalue weighted by molar-refractivity contribution is -0.274. The van der Waals surface area contributed by atoms with Crippen molar-refractivity contribution in [1.82, 2.24) is 4.98 Å². The third kappa shape index (κ3) is 4.93. The van der Waals surface area contributed by atoms with Crippen molar-refractivity contribution in [1.29, 1.82) is 0 Å². The second kappa shape index (κ2) is 6.34. The molecule has 1 aromatic heterocycles. The number of hydrogen-bond donors (Lipinski definition) is 0. The molecule has 0 aliphatic heterocycles. The highest BCUT2D eigenvalue weighted by atomic mass is 79.9. The number of pyridine rings is 1. The molecule has 2 aromatic rings. The fraction of sp³-hybridized carbons (Fsp3) is 0.214. The molecule has 0 bridgehead atoms. The molecule has 0 amide bonds. The number of aromatic nitrogens is 1. The van der Waals surface area contributed by atoms with Gasteiger partial charge in [-0.3, -0.25) is 4.98 Å². The first-order valence-electron chi connectivity index (χ1n) is 5.92. The third-order valence-corrected chi connectivity index (χ3v) is 3.09. The van der Waals surface area contributed by atoms with Crippen molar-refractivity contribution in [3.05, 3.63) is 52.3 Å². The number of rotatable bonds is 4. The molecular formula is C14H11BrF3NO2. The second-order valence-corrected chi connectivity index (χ2v) is 5.15. The summed E-state index contributed by atoms with van der Waals surface area (Å²) in [6.07, 6.45) is -1.33. The maximum absolute atomic E-state index is 12.1. The Labute approximate surface area is 127 Å². The molecule has 0 N–H and O–H groups in total. The van der Waals surface area contributed by atoms with Crippen LogP contribution in [0.5, 0.6) is 11.5 Å². The highest BCUT2D eigenvalue weighted by Crippen LogP contribution is 2.33. The van der Waals surface area contributed by atoms with E-state index < -0.39 is 6.36 Å². The molecule has 21 heavy (non-hydrogen) atoms. The molecule has 2 rings (SSSR count). The van der Waals surface area contributed by atoms with E-state index in [0.717, 1.165) is 11.1 Å². The van der Waals surface area contributed by atoms with Gasteiger partial charge in [0.2, 0.25) is 0 Å². The van der Waals surface area contributed by atoms with Crippen LogP contribution in [0.15, 0.2) is 41.1 Å². The van der Waals surface area contributed by atoms with Gasteiger partial charge in [0.25, 0.3) is 0 Å². The normalized spacial score (nSPS) is 11.3. The first-order valence-corrected chi connectivity index (χ1v) is 6.71. The van der Waals surface area contributed by atoms with Crippen LogP contribution in [-0.2, 0) is 6.61 Å². The van der Waals surface area contributed by atoms with Crippen LogP contribution in [0, 0.1) is 6.92 Å². The van der Waals surface area contributed by atoms with Gasteiger partial charge in [-0.2, -0.15) is 0 Å². The topological polar surface area (TPSA) is 31.4 Å². The molecule has 0 aliphatic carbocycles. The van der Waals surface area contributed by atoms with E-state index in [9.17, 15) is 13.2 Å². The number of halogens is 4. The van der Waals surface area contributed by atoms with Crippen molar-refractivity contribution in [2.24, 2.45) is 0 Å². The fourth-order valence-electron chi connectivity index (χ4n) is 1.64. The van der Waals surface area contributed by atoms with Crippen LogP contribution >= 0.6 is 15.9 Å². The summed E-state index contributed by atoms with van der Waals surface area (Å²) in [5.41, 5.74) is 1.88. The summed E-state index contributed by atoms with van der Waals surface area (Å²) in [7, 11) is 0. The zero-order valence-electron chi connectivity index (χ0n) is 10.9. The molecule has 0 spiro atoms. The molecule has 0 atom stereocenters. The Kier molecular flexibility index (Phi) is 4.72. The average molecular weight is 362 g/mol. The van der Waals surface area contributed by atoms with E-state index in [4.69, 9.17) is 4.74 Å². The first-order chi connectivity index (χ1) is 9.83. The van der Waals surface area contributed by atoms with Crippen molar-refractivity contribution < 1.29 is 22.6 Å². The molecule has 0 saturated heterocycles. The maximum Gasteiger partial charge on any atom is 0.573 e. The van der Waals surface area contributed by atoms with Crippen LogP contribution in [0.2, 0.25) is 0 Å².